The monoisotopic (exact) mass is 430 g/mol. The highest BCUT2D eigenvalue weighted by Crippen LogP contribution is 2.22. The second-order valence-electron chi connectivity index (χ2n) is 7.64. The normalized spacial score (nSPS) is 11.8. The average Bonchev–Trinajstić information content (AvgIpc) is 3.48. The number of carbonyl (C=O) groups is 1. The van der Waals surface area contributed by atoms with Crippen molar-refractivity contribution in [1.29, 1.82) is 0 Å². The molecule has 0 fully saturated rings. The lowest BCUT2D eigenvalue weighted by atomic mass is 9.99. The van der Waals surface area contributed by atoms with Crippen molar-refractivity contribution in [2.24, 2.45) is 0 Å². The number of hydrogen-bond donors (Lipinski definition) is 1. The molecule has 4 rings (SSSR count). The Kier molecular flexibility index (Phi) is 6.65. The molecule has 0 aliphatic heterocycles. The Labute approximate surface area is 187 Å². The van der Waals surface area contributed by atoms with E-state index < -0.39 is 5.91 Å². The van der Waals surface area contributed by atoms with Gasteiger partial charge in [-0.05, 0) is 47.7 Å². The van der Waals surface area contributed by atoms with Crippen LogP contribution in [0.15, 0.2) is 77.5 Å². The topological polar surface area (TPSA) is 82.2 Å². The maximum atomic E-state index is 12.5. The summed E-state index contributed by atoms with van der Waals surface area (Å²) in [5.41, 5.74) is 2.39. The van der Waals surface area contributed by atoms with Crippen LogP contribution in [0.2, 0.25) is 0 Å². The van der Waals surface area contributed by atoms with Crippen LogP contribution in [-0.2, 0) is 13.2 Å². The van der Waals surface area contributed by atoms with E-state index in [1.165, 1.54) is 5.56 Å². The minimum Gasteiger partial charge on any atom is -0.486 e. The highest BCUT2D eigenvalue weighted by atomic mass is 16.5. The number of anilines is 1. The quantitative estimate of drug-likeness (QED) is 0.391. The molecule has 1 atom stereocenters. The van der Waals surface area contributed by atoms with Gasteiger partial charge in [-0.2, -0.15) is 0 Å². The molecule has 0 aliphatic rings. The fourth-order valence-corrected chi connectivity index (χ4v) is 3.22. The standard InChI is InChI=1S/C25H26N4O3/c1-3-18(2)20-9-11-21(12-10-20)31-16-22-13-14-23(32-22)24(30)27-25-26-17-29(28-25)15-19-7-5-4-6-8-19/h4-14,17-18H,3,15-16H2,1-2H3,(H,27,28,30). The predicted molar refractivity (Wildman–Crippen MR) is 122 cm³/mol. The van der Waals surface area contributed by atoms with E-state index in [9.17, 15) is 4.79 Å². The molecule has 0 radical (unpaired) electrons. The highest BCUT2D eigenvalue weighted by Gasteiger charge is 2.14. The molecule has 2 aromatic carbocycles. The largest absolute Gasteiger partial charge is 0.486 e. The summed E-state index contributed by atoms with van der Waals surface area (Å²) >= 11 is 0. The van der Waals surface area contributed by atoms with Gasteiger partial charge >= 0.3 is 0 Å². The van der Waals surface area contributed by atoms with Crippen LogP contribution in [0.4, 0.5) is 5.95 Å². The maximum absolute atomic E-state index is 12.5. The third kappa shape index (κ3) is 5.43. The van der Waals surface area contributed by atoms with Crippen LogP contribution in [-0.4, -0.2) is 20.7 Å². The van der Waals surface area contributed by atoms with Crippen LogP contribution in [0, 0.1) is 0 Å². The zero-order chi connectivity index (χ0) is 22.3. The number of hydrogen-bond acceptors (Lipinski definition) is 5. The molecule has 0 bridgehead atoms. The maximum Gasteiger partial charge on any atom is 0.293 e. The lowest BCUT2D eigenvalue weighted by molar-refractivity contribution is 0.0991. The predicted octanol–water partition coefficient (Wildman–Crippen LogP) is 5.26. The van der Waals surface area contributed by atoms with Crippen LogP contribution >= 0.6 is 0 Å². The SMILES string of the molecule is CCC(C)c1ccc(OCc2ccc(C(=O)Nc3ncn(Cc4ccccc4)n3)o2)cc1. The fraction of sp³-hybridized carbons (Fsp3) is 0.240. The van der Waals surface area contributed by atoms with E-state index in [1.54, 1.807) is 23.1 Å². The summed E-state index contributed by atoms with van der Waals surface area (Å²) in [6.07, 6.45) is 2.68. The molecule has 4 aromatic rings. The molecule has 0 saturated carbocycles. The number of nitrogens with zero attached hydrogens (tertiary/aromatic N) is 3. The lowest BCUT2D eigenvalue weighted by Gasteiger charge is -2.10. The van der Waals surface area contributed by atoms with Crippen LogP contribution in [0.25, 0.3) is 0 Å². The minimum atomic E-state index is -0.411. The van der Waals surface area contributed by atoms with Crippen molar-refractivity contribution in [3.8, 4) is 5.75 Å². The van der Waals surface area contributed by atoms with Crippen LogP contribution in [0.1, 0.15) is 53.6 Å². The molecule has 1 amide bonds. The van der Waals surface area contributed by atoms with Crippen LogP contribution in [0.5, 0.6) is 5.75 Å². The molecule has 0 aliphatic carbocycles. The Hall–Kier alpha value is -3.87. The van der Waals surface area contributed by atoms with Gasteiger partial charge in [-0.1, -0.05) is 56.3 Å². The van der Waals surface area contributed by atoms with Crippen molar-refractivity contribution in [3.63, 3.8) is 0 Å². The number of rotatable bonds is 9. The van der Waals surface area contributed by atoms with Gasteiger partial charge in [0.2, 0.25) is 5.95 Å². The summed E-state index contributed by atoms with van der Waals surface area (Å²) in [6.45, 7) is 5.19. The van der Waals surface area contributed by atoms with Gasteiger partial charge in [-0.3, -0.25) is 10.1 Å². The zero-order valence-electron chi connectivity index (χ0n) is 18.2. The van der Waals surface area contributed by atoms with Gasteiger partial charge in [0.1, 0.15) is 24.4 Å². The van der Waals surface area contributed by atoms with E-state index in [0.29, 0.717) is 18.2 Å². The summed E-state index contributed by atoms with van der Waals surface area (Å²) in [6, 6.07) is 21.3. The average molecular weight is 431 g/mol. The van der Waals surface area contributed by atoms with E-state index in [2.05, 4.69) is 41.4 Å². The van der Waals surface area contributed by atoms with Crippen molar-refractivity contribution < 1.29 is 13.9 Å². The second kappa shape index (κ2) is 9.96. The Bertz CT molecular complexity index is 1150. The summed E-state index contributed by atoms with van der Waals surface area (Å²) in [4.78, 5) is 16.6. The first-order valence-corrected chi connectivity index (χ1v) is 10.7. The third-order valence-electron chi connectivity index (χ3n) is 5.28. The summed E-state index contributed by atoms with van der Waals surface area (Å²) in [7, 11) is 0. The molecule has 0 saturated heterocycles. The van der Waals surface area contributed by atoms with Gasteiger partial charge < -0.3 is 9.15 Å². The number of furan rings is 1. The number of ether oxygens (including phenoxy) is 1. The van der Waals surface area contributed by atoms with Crippen LogP contribution in [0.3, 0.4) is 0 Å². The zero-order valence-corrected chi connectivity index (χ0v) is 18.2. The molecular formula is C25H26N4O3. The molecule has 2 aromatic heterocycles. The Morgan fingerprint density at radius 1 is 1.09 bits per heavy atom. The molecule has 164 valence electrons. The van der Waals surface area contributed by atoms with Crippen molar-refractivity contribution in [2.75, 3.05) is 5.32 Å². The Balaban J connectivity index is 1.30. The number of aromatic nitrogens is 3. The minimum absolute atomic E-state index is 0.176. The highest BCUT2D eigenvalue weighted by molar-refractivity contribution is 6.01. The summed E-state index contributed by atoms with van der Waals surface area (Å²) in [5, 5.41) is 6.94. The van der Waals surface area contributed by atoms with Gasteiger partial charge in [0.25, 0.3) is 5.91 Å². The van der Waals surface area contributed by atoms with Gasteiger partial charge in [0.05, 0.1) is 6.54 Å². The van der Waals surface area contributed by atoms with Crippen molar-refractivity contribution in [2.45, 2.75) is 39.3 Å². The van der Waals surface area contributed by atoms with E-state index in [1.807, 2.05) is 42.5 Å². The number of benzene rings is 2. The Morgan fingerprint density at radius 3 is 2.62 bits per heavy atom. The molecule has 2 heterocycles. The second-order valence-corrected chi connectivity index (χ2v) is 7.64. The number of amides is 1. The van der Waals surface area contributed by atoms with E-state index in [4.69, 9.17) is 9.15 Å². The third-order valence-corrected chi connectivity index (χ3v) is 5.28. The Morgan fingerprint density at radius 2 is 1.88 bits per heavy atom. The molecular weight excluding hydrogens is 404 g/mol. The first-order valence-electron chi connectivity index (χ1n) is 10.7. The fourth-order valence-electron chi connectivity index (χ4n) is 3.22. The van der Waals surface area contributed by atoms with Crippen LogP contribution < -0.4 is 10.1 Å². The van der Waals surface area contributed by atoms with Crippen molar-refractivity contribution >= 4 is 11.9 Å². The smallest absolute Gasteiger partial charge is 0.293 e. The van der Waals surface area contributed by atoms with Gasteiger partial charge in [0.15, 0.2) is 5.76 Å². The van der Waals surface area contributed by atoms with E-state index >= 15 is 0 Å². The van der Waals surface area contributed by atoms with Gasteiger partial charge in [0, 0.05) is 0 Å². The molecule has 7 nitrogen and oxygen atoms in total. The molecule has 0 spiro atoms. The van der Waals surface area contributed by atoms with Crippen molar-refractivity contribution in [3.05, 3.63) is 95.7 Å². The number of carbonyl (C=O) groups excluding carboxylic acids is 1. The molecule has 32 heavy (non-hydrogen) atoms. The van der Waals surface area contributed by atoms with Gasteiger partial charge in [-0.15, -0.1) is 5.10 Å². The van der Waals surface area contributed by atoms with Gasteiger partial charge in [-0.25, -0.2) is 9.67 Å². The molecule has 7 heteroatoms. The first-order chi connectivity index (χ1) is 15.6. The first kappa shape index (κ1) is 21.4. The summed E-state index contributed by atoms with van der Waals surface area (Å²) in [5.74, 6) is 1.83. The molecule has 1 N–H and O–H groups in total. The van der Waals surface area contributed by atoms with E-state index in [0.717, 1.165) is 17.7 Å². The lowest BCUT2D eigenvalue weighted by Crippen LogP contribution is -2.12. The van der Waals surface area contributed by atoms with Crippen molar-refractivity contribution in [1.82, 2.24) is 14.8 Å². The molecule has 1 unspecified atom stereocenters. The van der Waals surface area contributed by atoms with E-state index in [-0.39, 0.29) is 18.3 Å². The number of nitrogens with one attached hydrogen (secondary N) is 1. The summed E-state index contributed by atoms with van der Waals surface area (Å²) < 4.78 is 13.1.